The third-order valence-corrected chi connectivity index (χ3v) is 2.44. The third-order valence-electron chi connectivity index (χ3n) is 2.44. The maximum Gasteiger partial charge on any atom is 0.328 e. The normalized spacial score (nSPS) is 13.8. The molecule has 0 aliphatic rings. The van der Waals surface area contributed by atoms with Gasteiger partial charge in [0, 0.05) is 5.56 Å². The molecule has 0 aliphatic heterocycles. The Balaban J connectivity index is 3.27. The van der Waals surface area contributed by atoms with E-state index in [1.165, 1.54) is 6.92 Å². The van der Waals surface area contributed by atoms with Crippen molar-refractivity contribution in [3.8, 4) is 12.3 Å². The molecule has 1 atom stereocenters. The van der Waals surface area contributed by atoms with Gasteiger partial charge >= 0.3 is 5.97 Å². The van der Waals surface area contributed by atoms with Crippen LogP contribution in [-0.2, 0) is 10.3 Å². The van der Waals surface area contributed by atoms with E-state index in [1.807, 2.05) is 0 Å². The molecule has 0 heterocycles. The monoisotopic (exact) mass is 239 g/mol. The number of carboxylic acid groups (broad SMARTS) is 1. The molecule has 1 unspecified atom stereocenters. The molecule has 17 heavy (non-hydrogen) atoms. The minimum Gasteiger partial charge on any atom is -0.480 e. The van der Waals surface area contributed by atoms with Crippen LogP contribution >= 0.6 is 0 Å². The predicted molar refractivity (Wildman–Crippen MR) is 58.2 cm³/mol. The highest BCUT2D eigenvalue weighted by Crippen LogP contribution is 2.24. The fourth-order valence-electron chi connectivity index (χ4n) is 1.39. The lowest BCUT2D eigenvalue weighted by atomic mass is 9.91. The highest BCUT2D eigenvalue weighted by atomic mass is 19.1. The largest absolute Gasteiger partial charge is 0.480 e. The van der Waals surface area contributed by atoms with E-state index in [9.17, 15) is 13.6 Å². The SMILES string of the molecule is C#CCNC(C)(C(=O)O)c1cc(F)ccc1F. The van der Waals surface area contributed by atoms with Gasteiger partial charge < -0.3 is 5.11 Å². The minimum atomic E-state index is -1.77. The lowest BCUT2D eigenvalue weighted by Gasteiger charge is -2.26. The molecule has 0 bridgehead atoms. The van der Waals surface area contributed by atoms with E-state index in [0.29, 0.717) is 0 Å². The Morgan fingerprint density at radius 3 is 2.76 bits per heavy atom. The predicted octanol–water partition coefficient (Wildman–Crippen LogP) is 1.49. The van der Waals surface area contributed by atoms with E-state index < -0.39 is 23.1 Å². The van der Waals surface area contributed by atoms with E-state index in [1.54, 1.807) is 0 Å². The molecule has 0 saturated heterocycles. The van der Waals surface area contributed by atoms with Crippen LogP contribution in [0.1, 0.15) is 12.5 Å². The number of benzene rings is 1. The van der Waals surface area contributed by atoms with Crippen molar-refractivity contribution >= 4 is 5.97 Å². The van der Waals surface area contributed by atoms with Crippen molar-refractivity contribution in [1.29, 1.82) is 0 Å². The van der Waals surface area contributed by atoms with Gasteiger partial charge in [0.25, 0.3) is 0 Å². The van der Waals surface area contributed by atoms with E-state index in [-0.39, 0.29) is 12.1 Å². The zero-order chi connectivity index (χ0) is 13.1. The number of nitrogens with one attached hydrogen (secondary N) is 1. The molecule has 0 spiro atoms. The van der Waals surface area contributed by atoms with Crippen LogP contribution in [-0.4, -0.2) is 17.6 Å². The summed E-state index contributed by atoms with van der Waals surface area (Å²) >= 11 is 0. The summed E-state index contributed by atoms with van der Waals surface area (Å²) in [5.74, 6) is -0.661. The average Bonchev–Trinajstić information content (AvgIpc) is 2.29. The summed E-state index contributed by atoms with van der Waals surface area (Å²) in [6.45, 7) is 1.16. The molecule has 1 rings (SSSR count). The van der Waals surface area contributed by atoms with Crippen molar-refractivity contribution in [2.75, 3.05) is 6.54 Å². The first-order valence-electron chi connectivity index (χ1n) is 4.79. The molecule has 1 aromatic carbocycles. The number of hydrogen-bond acceptors (Lipinski definition) is 2. The average molecular weight is 239 g/mol. The van der Waals surface area contributed by atoms with Gasteiger partial charge in [-0.25, -0.2) is 13.6 Å². The fourth-order valence-corrected chi connectivity index (χ4v) is 1.39. The Morgan fingerprint density at radius 1 is 1.59 bits per heavy atom. The van der Waals surface area contributed by atoms with Gasteiger partial charge in [0.2, 0.25) is 0 Å². The molecule has 5 heteroatoms. The van der Waals surface area contributed by atoms with Crippen LogP contribution in [0.3, 0.4) is 0 Å². The number of hydrogen-bond donors (Lipinski definition) is 2. The third kappa shape index (κ3) is 2.60. The van der Waals surface area contributed by atoms with Gasteiger partial charge in [0.15, 0.2) is 0 Å². The molecule has 0 radical (unpaired) electrons. The quantitative estimate of drug-likeness (QED) is 0.782. The number of carboxylic acids is 1. The van der Waals surface area contributed by atoms with Crippen LogP contribution in [0, 0.1) is 24.0 Å². The number of aliphatic carboxylic acids is 1. The summed E-state index contributed by atoms with van der Waals surface area (Å²) in [4.78, 5) is 11.2. The van der Waals surface area contributed by atoms with Crippen molar-refractivity contribution < 1.29 is 18.7 Å². The Hall–Kier alpha value is -1.93. The molecule has 0 amide bonds. The van der Waals surface area contributed by atoms with Gasteiger partial charge in [0.1, 0.15) is 17.2 Å². The molecular formula is C12H11F2NO2. The summed E-state index contributed by atoms with van der Waals surface area (Å²) in [5, 5.41) is 11.6. The van der Waals surface area contributed by atoms with E-state index in [4.69, 9.17) is 11.5 Å². The van der Waals surface area contributed by atoms with Crippen LogP contribution in [0.2, 0.25) is 0 Å². The van der Waals surface area contributed by atoms with Crippen LogP contribution in [0.4, 0.5) is 8.78 Å². The first-order valence-corrected chi connectivity index (χ1v) is 4.79. The highest BCUT2D eigenvalue weighted by molar-refractivity contribution is 5.80. The summed E-state index contributed by atoms with van der Waals surface area (Å²) < 4.78 is 26.6. The van der Waals surface area contributed by atoms with Crippen molar-refractivity contribution in [3.63, 3.8) is 0 Å². The summed E-state index contributed by atoms with van der Waals surface area (Å²) in [5.41, 5.74) is -2.06. The number of rotatable bonds is 4. The zero-order valence-electron chi connectivity index (χ0n) is 9.13. The van der Waals surface area contributed by atoms with Crippen molar-refractivity contribution in [1.82, 2.24) is 5.32 Å². The fraction of sp³-hybridized carbons (Fsp3) is 0.250. The maximum atomic E-state index is 13.5. The van der Waals surface area contributed by atoms with Crippen LogP contribution in [0.5, 0.6) is 0 Å². The topological polar surface area (TPSA) is 49.3 Å². The van der Waals surface area contributed by atoms with Gasteiger partial charge in [-0.2, -0.15) is 0 Å². The van der Waals surface area contributed by atoms with Gasteiger partial charge in [-0.3, -0.25) is 5.32 Å². The van der Waals surface area contributed by atoms with Crippen LogP contribution in [0.15, 0.2) is 18.2 Å². The molecule has 0 aliphatic carbocycles. The second-order valence-corrected chi connectivity index (χ2v) is 3.61. The second kappa shape index (κ2) is 4.93. The lowest BCUT2D eigenvalue weighted by molar-refractivity contribution is -0.144. The first-order chi connectivity index (χ1) is 7.91. The lowest BCUT2D eigenvalue weighted by Crippen LogP contribution is -2.47. The van der Waals surface area contributed by atoms with Gasteiger partial charge in [0.05, 0.1) is 6.54 Å². The summed E-state index contributed by atoms with van der Waals surface area (Å²) in [7, 11) is 0. The molecular weight excluding hydrogens is 228 g/mol. The molecule has 1 aromatic rings. The van der Waals surface area contributed by atoms with Crippen LogP contribution in [0.25, 0.3) is 0 Å². The minimum absolute atomic E-state index is 0.0707. The summed E-state index contributed by atoms with van der Waals surface area (Å²) in [6, 6.07) is 2.64. The molecule has 0 aromatic heterocycles. The van der Waals surface area contributed by atoms with E-state index in [2.05, 4.69) is 11.2 Å². The van der Waals surface area contributed by atoms with E-state index in [0.717, 1.165) is 18.2 Å². The second-order valence-electron chi connectivity index (χ2n) is 3.61. The maximum absolute atomic E-state index is 13.5. The molecule has 2 N–H and O–H groups in total. The first kappa shape index (κ1) is 13.1. The number of terminal acetylenes is 1. The smallest absolute Gasteiger partial charge is 0.328 e. The van der Waals surface area contributed by atoms with Crippen molar-refractivity contribution in [2.45, 2.75) is 12.5 Å². The molecule has 0 saturated carbocycles. The molecule has 0 fully saturated rings. The Bertz CT molecular complexity index is 482. The van der Waals surface area contributed by atoms with E-state index >= 15 is 0 Å². The van der Waals surface area contributed by atoms with Crippen molar-refractivity contribution in [3.05, 3.63) is 35.4 Å². The number of carbonyl (C=O) groups is 1. The van der Waals surface area contributed by atoms with Crippen LogP contribution < -0.4 is 5.32 Å². The summed E-state index contributed by atoms with van der Waals surface area (Å²) in [6.07, 6.45) is 5.01. The van der Waals surface area contributed by atoms with Crippen molar-refractivity contribution in [2.24, 2.45) is 0 Å². The molecule has 3 nitrogen and oxygen atoms in total. The Morgan fingerprint density at radius 2 is 2.24 bits per heavy atom. The Kier molecular flexibility index (Phi) is 3.81. The standard InChI is InChI=1S/C12H11F2NO2/c1-3-6-15-12(2,11(16)17)9-7-8(13)4-5-10(9)14/h1,4-5,7,15H,6H2,2H3,(H,16,17). The highest BCUT2D eigenvalue weighted by Gasteiger charge is 2.37. The van der Waals surface area contributed by atoms with Gasteiger partial charge in [-0.05, 0) is 25.1 Å². The molecule has 90 valence electrons. The van der Waals surface area contributed by atoms with Gasteiger partial charge in [-0.15, -0.1) is 6.42 Å². The number of halogens is 2. The van der Waals surface area contributed by atoms with Gasteiger partial charge in [-0.1, -0.05) is 5.92 Å². The Labute approximate surface area is 97.5 Å². The zero-order valence-corrected chi connectivity index (χ0v) is 9.13.